The first kappa shape index (κ1) is 16.2. The lowest BCUT2D eigenvalue weighted by molar-refractivity contribution is -0.116. The summed E-state index contributed by atoms with van der Waals surface area (Å²) in [6.07, 6.45) is 3.80. The topological polar surface area (TPSA) is 51.2 Å². The number of rotatable bonds is 8. The molecule has 0 aliphatic carbocycles. The zero-order chi connectivity index (χ0) is 15.6. The fourth-order valence-electron chi connectivity index (χ4n) is 2.02. The molecule has 0 radical (unpaired) electrons. The van der Waals surface area contributed by atoms with Crippen molar-refractivity contribution in [3.05, 3.63) is 59.8 Å². The van der Waals surface area contributed by atoms with Crippen molar-refractivity contribution in [2.75, 3.05) is 18.5 Å². The van der Waals surface area contributed by atoms with Crippen LogP contribution in [0.3, 0.4) is 0 Å². The van der Waals surface area contributed by atoms with Crippen molar-refractivity contribution in [1.82, 2.24) is 4.98 Å². The van der Waals surface area contributed by atoms with Crippen LogP contribution in [-0.2, 0) is 16.0 Å². The van der Waals surface area contributed by atoms with Gasteiger partial charge in [-0.1, -0.05) is 36.4 Å². The average Bonchev–Trinajstić information content (AvgIpc) is 2.54. The Labute approximate surface area is 131 Å². The van der Waals surface area contributed by atoms with Gasteiger partial charge in [0.1, 0.15) is 5.82 Å². The van der Waals surface area contributed by atoms with Gasteiger partial charge in [-0.25, -0.2) is 4.98 Å². The Balaban J connectivity index is 1.54. The molecule has 1 aromatic carbocycles. The summed E-state index contributed by atoms with van der Waals surface area (Å²) >= 11 is 0. The summed E-state index contributed by atoms with van der Waals surface area (Å²) in [5.41, 5.74) is 2.34. The zero-order valence-corrected chi connectivity index (χ0v) is 12.9. The maximum absolute atomic E-state index is 11.7. The molecule has 0 aliphatic heterocycles. The van der Waals surface area contributed by atoms with Gasteiger partial charge < -0.3 is 10.1 Å². The van der Waals surface area contributed by atoms with Crippen LogP contribution in [0.15, 0.2) is 48.7 Å². The van der Waals surface area contributed by atoms with Gasteiger partial charge in [0, 0.05) is 19.2 Å². The van der Waals surface area contributed by atoms with Crippen LogP contribution in [0, 0.1) is 6.92 Å². The second kappa shape index (κ2) is 8.95. The minimum Gasteiger partial charge on any atom is -0.381 e. The third-order valence-corrected chi connectivity index (χ3v) is 3.25. The lowest BCUT2D eigenvalue weighted by atomic mass is 10.2. The summed E-state index contributed by atoms with van der Waals surface area (Å²) in [5, 5.41) is 2.78. The standard InChI is InChI=1S/C18H22N2O2/c1-15-9-10-17(19-14-15)20-18(21)8-5-12-22-13-11-16-6-3-2-4-7-16/h2-4,6-7,9-10,14H,5,8,11-13H2,1H3,(H,19,20,21). The molecule has 0 saturated heterocycles. The van der Waals surface area contributed by atoms with Crippen LogP contribution >= 0.6 is 0 Å². The fraction of sp³-hybridized carbons (Fsp3) is 0.333. The third-order valence-electron chi connectivity index (χ3n) is 3.25. The Kier molecular flexibility index (Phi) is 6.58. The highest BCUT2D eigenvalue weighted by molar-refractivity contribution is 5.89. The van der Waals surface area contributed by atoms with Crippen molar-refractivity contribution in [3.8, 4) is 0 Å². The van der Waals surface area contributed by atoms with E-state index in [0.717, 1.165) is 12.0 Å². The first-order valence-corrected chi connectivity index (χ1v) is 7.58. The molecule has 0 spiro atoms. The van der Waals surface area contributed by atoms with E-state index in [2.05, 4.69) is 22.4 Å². The first-order chi connectivity index (χ1) is 10.7. The van der Waals surface area contributed by atoms with Crippen LogP contribution in [0.4, 0.5) is 5.82 Å². The van der Waals surface area contributed by atoms with Crippen LogP contribution in [0.25, 0.3) is 0 Å². The Morgan fingerprint density at radius 2 is 1.95 bits per heavy atom. The van der Waals surface area contributed by atoms with Crippen molar-refractivity contribution in [2.45, 2.75) is 26.2 Å². The summed E-state index contributed by atoms with van der Waals surface area (Å²) in [5.74, 6) is 0.573. The number of benzene rings is 1. The number of aromatic nitrogens is 1. The summed E-state index contributed by atoms with van der Waals surface area (Å²) < 4.78 is 5.56. The van der Waals surface area contributed by atoms with Crippen LogP contribution in [0.1, 0.15) is 24.0 Å². The predicted molar refractivity (Wildman–Crippen MR) is 87.8 cm³/mol. The van der Waals surface area contributed by atoms with Crippen molar-refractivity contribution < 1.29 is 9.53 Å². The van der Waals surface area contributed by atoms with Crippen LogP contribution < -0.4 is 5.32 Å². The highest BCUT2D eigenvalue weighted by Gasteiger charge is 2.03. The SMILES string of the molecule is Cc1ccc(NC(=O)CCCOCCc2ccccc2)nc1. The van der Waals surface area contributed by atoms with E-state index in [1.165, 1.54) is 5.56 Å². The number of pyridine rings is 1. The number of aryl methyl sites for hydroxylation is 1. The molecular formula is C18H22N2O2. The van der Waals surface area contributed by atoms with Gasteiger partial charge in [-0.05, 0) is 37.0 Å². The number of hydrogen-bond donors (Lipinski definition) is 1. The van der Waals surface area contributed by atoms with Crippen molar-refractivity contribution >= 4 is 11.7 Å². The maximum Gasteiger partial charge on any atom is 0.225 e. The van der Waals surface area contributed by atoms with E-state index in [-0.39, 0.29) is 5.91 Å². The molecule has 4 heteroatoms. The van der Waals surface area contributed by atoms with Gasteiger partial charge in [-0.2, -0.15) is 0 Å². The molecule has 0 fully saturated rings. The number of nitrogens with zero attached hydrogens (tertiary/aromatic N) is 1. The number of carbonyl (C=O) groups excluding carboxylic acids is 1. The molecule has 1 amide bonds. The quantitative estimate of drug-likeness (QED) is 0.760. The highest BCUT2D eigenvalue weighted by atomic mass is 16.5. The molecule has 116 valence electrons. The number of nitrogens with one attached hydrogen (secondary N) is 1. The summed E-state index contributed by atoms with van der Waals surface area (Å²) in [4.78, 5) is 15.9. The number of anilines is 1. The van der Waals surface area contributed by atoms with Gasteiger partial charge >= 0.3 is 0 Å². The largest absolute Gasteiger partial charge is 0.381 e. The summed E-state index contributed by atoms with van der Waals surface area (Å²) in [7, 11) is 0. The molecule has 2 rings (SSSR count). The summed E-state index contributed by atoms with van der Waals surface area (Å²) in [6.45, 7) is 3.25. The molecule has 0 aliphatic rings. The molecule has 0 bridgehead atoms. The smallest absolute Gasteiger partial charge is 0.225 e. The molecular weight excluding hydrogens is 276 g/mol. The maximum atomic E-state index is 11.7. The van der Waals surface area contributed by atoms with Gasteiger partial charge in [-0.15, -0.1) is 0 Å². The first-order valence-electron chi connectivity index (χ1n) is 7.58. The molecule has 1 aromatic heterocycles. The van der Waals surface area contributed by atoms with E-state index in [1.807, 2.05) is 37.3 Å². The van der Waals surface area contributed by atoms with Gasteiger partial charge in [0.05, 0.1) is 6.61 Å². The van der Waals surface area contributed by atoms with E-state index in [9.17, 15) is 4.79 Å². The highest BCUT2D eigenvalue weighted by Crippen LogP contribution is 2.05. The lowest BCUT2D eigenvalue weighted by Crippen LogP contribution is -2.13. The molecule has 0 atom stereocenters. The average molecular weight is 298 g/mol. The molecule has 0 saturated carbocycles. The lowest BCUT2D eigenvalue weighted by Gasteiger charge is -2.06. The molecule has 1 heterocycles. The molecule has 0 unspecified atom stereocenters. The predicted octanol–water partition coefficient (Wildman–Crippen LogP) is 3.37. The minimum atomic E-state index is -0.0250. The van der Waals surface area contributed by atoms with Crippen molar-refractivity contribution in [2.24, 2.45) is 0 Å². The van der Waals surface area contributed by atoms with Crippen molar-refractivity contribution in [3.63, 3.8) is 0 Å². The van der Waals surface area contributed by atoms with E-state index in [0.29, 0.717) is 31.9 Å². The second-order valence-electron chi connectivity index (χ2n) is 5.22. The van der Waals surface area contributed by atoms with Crippen molar-refractivity contribution in [1.29, 1.82) is 0 Å². The Morgan fingerprint density at radius 3 is 2.68 bits per heavy atom. The monoisotopic (exact) mass is 298 g/mol. The van der Waals surface area contributed by atoms with Crippen LogP contribution in [0.5, 0.6) is 0 Å². The molecule has 2 aromatic rings. The molecule has 1 N–H and O–H groups in total. The Hall–Kier alpha value is -2.20. The minimum absolute atomic E-state index is 0.0250. The van der Waals surface area contributed by atoms with Crippen LogP contribution in [0.2, 0.25) is 0 Å². The normalized spacial score (nSPS) is 10.4. The van der Waals surface area contributed by atoms with Gasteiger partial charge in [0.15, 0.2) is 0 Å². The van der Waals surface area contributed by atoms with Crippen LogP contribution in [-0.4, -0.2) is 24.1 Å². The zero-order valence-electron chi connectivity index (χ0n) is 12.9. The van der Waals surface area contributed by atoms with E-state index in [1.54, 1.807) is 6.20 Å². The second-order valence-corrected chi connectivity index (χ2v) is 5.22. The Bertz CT molecular complexity index is 567. The molecule has 22 heavy (non-hydrogen) atoms. The summed E-state index contributed by atoms with van der Waals surface area (Å²) in [6, 6.07) is 14.0. The van der Waals surface area contributed by atoms with Gasteiger partial charge in [0.25, 0.3) is 0 Å². The van der Waals surface area contributed by atoms with Gasteiger partial charge in [-0.3, -0.25) is 4.79 Å². The number of ether oxygens (including phenoxy) is 1. The fourth-order valence-corrected chi connectivity index (χ4v) is 2.02. The molecule has 4 nitrogen and oxygen atoms in total. The number of amides is 1. The number of hydrogen-bond acceptors (Lipinski definition) is 3. The van der Waals surface area contributed by atoms with E-state index in [4.69, 9.17) is 4.74 Å². The van der Waals surface area contributed by atoms with E-state index >= 15 is 0 Å². The number of carbonyl (C=O) groups is 1. The third kappa shape index (κ3) is 6.06. The van der Waals surface area contributed by atoms with E-state index < -0.39 is 0 Å². The van der Waals surface area contributed by atoms with Gasteiger partial charge in [0.2, 0.25) is 5.91 Å². The Morgan fingerprint density at radius 1 is 1.14 bits per heavy atom.